The van der Waals surface area contributed by atoms with Gasteiger partial charge in [-0.1, -0.05) is 0 Å². The van der Waals surface area contributed by atoms with Gasteiger partial charge in [-0.2, -0.15) is 0 Å². The molecule has 0 saturated carbocycles. The first-order chi connectivity index (χ1) is 10.1. The number of ether oxygens (including phenoxy) is 1. The molecule has 116 valence electrons. The highest BCUT2D eigenvalue weighted by Crippen LogP contribution is 2.18. The Morgan fingerprint density at radius 2 is 1.95 bits per heavy atom. The van der Waals surface area contributed by atoms with E-state index in [1.807, 2.05) is 0 Å². The van der Waals surface area contributed by atoms with E-state index >= 15 is 0 Å². The van der Waals surface area contributed by atoms with Crippen molar-refractivity contribution in [1.82, 2.24) is 4.90 Å². The average Bonchev–Trinajstić information content (AvgIpc) is 2.48. The topological polar surface area (TPSA) is 72.7 Å². The molecule has 1 aliphatic rings. The fraction of sp³-hybridized carbons (Fsp3) is 0.571. The van der Waals surface area contributed by atoms with Crippen LogP contribution in [0.3, 0.4) is 0 Å². The molecule has 1 aromatic rings. The van der Waals surface area contributed by atoms with Crippen LogP contribution in [0, 0.1) is 10.1 Å². The number of likely N-dealkylation sites (N-methyl/N-ethyl adjacent to an activating group) is 1. The van der Waals surface area contributed by atoms with Gasteiger partial charge in [0.05, 0.1) is 4.92 Å². The average molecular weight is 312 g/mol. The van der Waals surface area contributed by atoms with E-state index in [4.69, 9.17) is 4.74 Å². The quantitative estimate of drug-likeness (QED) is 0.592. The van der Waals surface area contributed by atoms with Crippen molar-refractivity contribution in [2.24, 2.45) is 0 Å². The smallest absolute Gasteiger partial charge is 0.269 e. The number of non-ortho nitro benzene ring substituents is 1. The molecule has 0 spiro atoms. The number of rotatable bonds is 6. The van der Waals surface area contributed by atoms with Crippen LogP contribution in [0.25, 0.3) is 0 Å². The van der Waals surface area contributed by atoms with Gasteiger partial charge in [0, 0.05) is 47.0 Å². The Balaban J connectivity index is 1.73. The predicted octanol–water partition coefficient (Wildman–Crippen LogP) is 1.82. The molecule has 2 rings (SSSR count). The van der Waals surface area contributed by atoms with Crippen molar-refractivity contribution >= 4 is 16.5 Å². The van der Waals surface area contributed by atoms with Crippen LogP contribution >= 0.6 is 0 Å². The molecule has 0 bridgehead atoms. The van der Waals surface area contributed by atoms with E-state index < -0.39 is 15.7 Å². The first-order valence-electron chi connectivity index (χ1n) is 6.99. The van der Waals surface area contributed by atoms with Gasteiger partial charge in [0.15, 0.2) is 0 Å². The summed E-state index contributed by atoms with van der Waals surface area (Å²) in [5, 5.41) is 10.6. The zero-order chi connectivity index (χ0) is 15.2. The van der Waals surface area contributed by atoms with Crippen LogP contribution in [0.5, 0.6) is 5.75 Å². The SMILES string of the molecule is CN(CCOc1ccc([N+](=O)[O-])cc1)C1CCS(=O)CC1. The lowest BCUT2D eigenvalue weighted by molar-refractivity contribution is -0.384. The predicted molar refractivity (Wildman–Crippen MR) is 82.1 cm³/mol. The van der Waals surface area contributed by atoms with Crippen molar-refractivity contribution in [3.05, 3.63) is 34.4 Å². The van der Waals surface area contributed by atoms with Gasteiger partial charge in [0.2, 0.25) is 0 Å². The minimum absolute atomic E-state index is 0.0645. The van der Waals surface area contributed by atoms with Crippen LogP contribution in [0.15, 0.2) is 24.3 Å². The van der Waals surface area contributed by atoms with Gasteiger partial charge in [-0.15, -0.1) is 0 Å². The summed E-state index contributed by atoms with van der Waals surface area (Å²) < 4.78 is 16.9. The van der Waals surface area contributed by atoms with Crippen molar-refractivity contribution in [2.45, 2.75) is 18.9 Å². The molecule has 0 amide bonds. The lowest BCUT2D eigenvalue weighted by atomic mass is 10.1. The van der Waals surface area contributed by atoms with E-state index in [0.29, 0.717) is 18.4 Å². The highest BCUT2D eigenvalue weighted by molar-refractivity contribution is 7.85. The summed E-state index contributed by atoms with van der Waals surface area (Å²) in [5.74, 6) is 2.22. The molecule has 1 aromatic carbocycles. The Morgan fingerprint density at radius 3 is 2.52 bits per heavy atom. The van der Waals surface area contributed by atoms with Crippen molar-refractivity contribution in [3.63, 3.8) is 0 Å². The molecule has 1 fully saturated rings. The Labute approximate surface area is 126 Å². The summed E-state index contributed by atoms with van der Waals surface area (Å²) in [6, 6.07) is 6.58. The summed E-state index contributed by atoms with van der Waals surface area (Å²) in [7, 11) is 1.42. The Morgan fingerprint density at radius 1 is 1.33 bits per heavy atom. The number of hydrogen-bond donors (Lipinski definition) is 0. The fourth-order valence-electron chi connectivity index (χ4n) is 2.38. The van der Waals surface area contributed by atoms with E-state index in [-0.39, 0.29) is 5.69 Å². The molecule has 6 nitrogen and oxygen atoms in total. The van der Waals surface area contributed by atoms with Gasteiger partial charge in [-0.3, -0.25) is 19.2 Å². The van der Waals surface area contributed by atoms with Crippen LogP contribution in [-0.2, 0) is 10.8 Å². The maximum atomic E-state index is 11.3. The van der Waals surface area contributed by atoms with Gasteiger partial charge >= 0.3 is 0 Å². The van der Waals surface area contributed by atoms with Gasteiger partial charge in [0.1, 0.15) is 12.4 Å². The standard InChI is InChI=1S/C14H20N2O4S/c1-15(12-6-10-21(19)11-7-12)8-9-20-14-4-2-13(3-5-14)16(17)18/h2-5,12H,6-11H2,1H3. The molecule has 0 radical (unpaired) electrons. The summed E-state index contributed by atoms with van der Waals surface area (Å²) in [5.41, 5.74) is 0.0645. The second kappa shape index (κ2) is 7.51. The first-order valence-corrected chi connectivity index (χ1v) is 8.47. The largest absolute Gasteiger partial charge is 0.492 e. The van der Waals surface area contributed by atoms with Gasteiger partial charge in [-0.05, 0) is 32.0 Å². The minimum Gasteiger partial charge on any atom is -0.492 e. The van der Waals surface area contributed by atoms with Crippen molar-refractivity contribution in [1.29, 1.82) is 0 Å². The molecule has 0 atom stereocenters. The lowest BCUT2D eigenvalue weighted by Gasteiger charge is -2.30. The molecule has 1 aliphatic heterocycles. The van der Waals surface area contributed by atoms with E-state index in [0.717, 1.165) is 30.9 Å². The van der Waals surface area contributed by atoms with E-state index in [2.05, 4.69) is 11.9 Å². The zero-order valence-corrected chi connectivity index (χ0v) is 12.9. The first kappa shape index (κ1) is 15.9. The Kier molecular flexibility index (Phi) is 5.69. The summed E-state index contributed by atoms with van der Waals surface area (Å²) in [6.07, 6.45) is 1.95. The van der Waals surface area contributed by atoms with Crippen molar-refractivity contribution in [2.75, 3.05) is 31.7 Å². The molecule has 0 N–H and O–H groups in total. The Bertz CT molecular complexity index is 496. The highest BCUT2D eigenvalue weighted by Gasteiger charge is 2.21. The Hall–Kier alpha value is -1.47. The van der Waals surface area contributed by atoms with Crippen molar-refractivity contribution in [3.8, 4) is 5.75 Å². The number of benzene rings is 1. The molecular weight excluding hydrogens is 292 g/mol. The summed E-state index contributed by atoms with van der Waals surface area (Å²) >= 11 is 0. The van der Waals surface area contributed by atoms with Crippen molar-refractivity contribution < 1.29 is 13.9 Å². The maximum Gasteiger partial charge on any atom is 0.269 e. The molecule has 1 saturated heterocycles. The molecule has 0 aromatic heterocycles. The van der Waals surface area contributed by atoms with E-state index in [1.54, 1.807) is 12.1 Å². The summed E-state index contributed by atoms with van der Waals surface area (Å²) in [4.78, 5) is 12.4. The van der Waals surface area contributed by atoms with Crippen LogP contribution < -0.4 is 4.74 Å². The van der Waals surface area contributed by atoms with Crippen LogP contribution in [0.4, 0.5) is 5.69 Å². The number of hydrogen-bond acceptors (Lipinski definition) is 5. The molecular formula is C14H20N2O4S. The maximum absolute atomic E-state index is 11.3. The third kappa shape index (κ3) is 4.78. The normalized spacial score (nSPS) is 22.2. The fourth-order valence-corrected chi connectivity index (χ4v) is 3.65. The molecule has 21 heavy (non-hydrogen) atoms. The second-order valence-electron chi connectivity index (χ2n) is 5.16. The molecule has 0 unspecified atom stereocenters. The van der Waals surface area contributed by atoms with Gasteiger partial charge in [0.25, 0.3) is 5.69 Å². The third-order valence-corrected chi connectivity index (χ3v) is 5.12. The van der Waals surface area contributed by atoms with Crippen LogP contribution in [0.1, 0.15) is 12.8 Å². The highest BCUT2D eigenvalue weighted by atomic mass is 32.2. The number of nitrogens with zero attached hydrogens (tertiary/aromatic N) is 2. The minimum atomic E-state index is -0.632. The monoisotopic (exact) mass is 312 g/mol. The zero-order valence-electron chi connectivity index (χ0n) is 12.1. The van der Waals surface area contributed by atoms with Crippen LogP contribution in [0.2, 0.25) is 0 Å². The lowest BCUT2D eigenvalue weighted by Crippen LogP contribution is -2.39. The van der Waals surface area contributed by atoms with Crippen LogP contribution in [-0.4, -0.2) is 51.8 Å². The number of nitro groups is 1. The van der Waals surface area contributed by atoms with E-state index in [9.17, 15) is 14.3 Å². The van der Waals surface area contributed by atoms with E-state index in [1.165, 1.54) is 12.1 Å². The van der Waals surface area contributed by atoms with Gasteiger partial charge < -0.3 is 4.74 Å². The third-order valence-electron chi connectivity index (χ3n) is 3.74. The summed E-state index contributed by atoms with van der Waals surface area (Å²) in [6.45, 7) is 1.32. The number of nitro benzene ring substituents is 1. The van der Waals surface area contributed by atoms with Gasteiger partial charge in [-0.25, -0.2) is 0 Å². The molecule has 7 heteroatoms. The molecule has 1 heterocycles. The second-order valence-corrected chi connectivity index (χ2v) is 6.86. The molecule has 0 aliphatic carbocycles.